The standard InChI is InChI=1S/C14H17F3N2O3/c15-14(16,17)12-7-10(4-5-13(12)19(21)22)18-8-9-2-1-3-11(20)6-9/h4-5,7,9,11,18,20H,1-3,6,8H2. The average Bonchev–Trinajstić information content (AvgIpc) is 2.44. The van der Waals surface area contributed by atoms with Crippen LogP contribution in [0.2, 0.25) is 0 Å². The van der Waals surface area contributed by atoms with E-state index < -0.39 is 22.4 Å². The Labute approximate surface area is 125 Å². The molecule has 5 nitrogen and oxygen atoms in total. The van der Waals surface area contributed by atoms with Crippen LogP contribution in [0.4, 0.5) is 24.5 Å². The Kier molecular flexibility index (Phi) is 4.90. The highest BCUT2D eigenvalue weighted by Crippen LogP contribution is 2.37. The first-order valence-electron chi connectivity index (χ1n) is 7.05. The zero-order valence-electron chi connectivity index (χ0n) is 11.8. The maximum Gasteiger partial charge on any atom is 0.423 e. The zero-order valence-corrected chi connectivity index (χ0v) is 11.8. The fourth-order valence-corrected chi connectivity index (χ4v) is 2.74. The van der Waals surface area contributed by atoms with Crippen molar-refractivity contribution in [1.29, 1.82) is 0 Å². The van der Waals surface area contributed by atoms with Crippen molar-refractivity contribution in [2.75, 3.05) is 11.9 Å². The molecule has 1 aliphatic rings. The molecular weight excluding hydrogens is 301 g/mol. The van der Waals surface area contributed by atoms with Crippen molar-refractivity contribution in [3.05, 3.63) is 33.9 Å². The minimum atomic E-state index is -4.78. The summed E-state index contributed by atoms with van der Waals surface area (Å²) in [6.07, 6.45) is -1.97. The lowest BCUT2D eigenvalue weighted by molar-refractivity contribution is -0.388. The van der Waals surface area contributed by atoms with E-state index in [1.807, 2.05) is 0 Å². The van der Waals surface area contributed by atoms with Gasteiger partial charge < -0.3 is 10.4 Å². The Morgan fingerprint density at radius 3 is 2.68 bits per heavy atom. The van der Waals surface area contributed by atoms with E-state index in [1.165, 1.54) is 6.07 Å². The summed E-state index contributed by atoms with van der Waals surface area (Å²) < 4.78 is 38.6. The van der Waals surface area contributed by atoms with Gasteiger partial charge in [0, 0.05) is 18.3 Å². The highest BCUT2D eigenvalue weighted by atomic mass is 19.4. The number of aliphatic hydroxyl groups is 1. The lowest BCUT2D eigenvalue weighted by Gasteiger charge is -2.26. The molecule has 0 bridgehead atoms. The Morgan fingerprint density at radius 1 is 1.36 bits per heavy atom. The van der Waals surface area contributed by atoms with E-state index in [1.54, 1.807) is 0 Å². The molecule has 1 aromatic rings. The molecule has 0 amide bonds. The van der Waals surface area contributed by atoms with Crippen molar-refractivity contribution >= 4 is 11.4 Å². The fourth-order valence-electron chi connectivity index (χ4n) is 2.74. The quantitative estimate of drug-likeness (QED) is 0.657. The molecule has 8 heteroatoms. The van der Waals surface area contributed by atoms with Gasteiger partial charge in [-0.25, -0.2) is 0 Å². The van der Waals surface area contributed by atoms with Crippen LogP contribution in [0.25, 0.3) is 0 Å². The van der Waals surface area contributed by atoms with Gasteiger partial charge in [0.1, 0.15) is 5.56 Å². The minimum absolute atomic E-state index is 0.188. The summed E-state index contributed by atoms with van der Waals surface area (Å²) in [5.74, 6) is 0.188. The van der Waals surface area contributed by atoms with Crippen LogP contribution in [0.15, 0.2) is 18.2 Å². The number of hydrogen-bond donors (Lipinski definition) is 2. The summed E-state index contributed by atoms with van der Waals surface area (Å²) in [7, 11) is 0. The molecule has 0 aliphatic heterocycles. The van der Waals surface area contributed by atoms with Gasteiger partial charge in [-0.05, 0) is 37.3 Å². The fraction of sp³-hybridized carbons (Fsp3) is 0.571. The van der Waals surface area contributed by atoms with Gasteiger partial charge in [-0.2, -0.15) is 13.2 Å². The third-order valence-corrected chi connectivity index (χ3v) is 3.85. The molecule has 22 heavy (non-hydrogen) atoms. The van der Waals surface area contributed by atoms with Gasteiger partial charge in [0.15, 0.2) is 0 Å². The van der Waals surface area contributed by atoms with Crippen molar-refractivity contribution in [1.82, 2.24) is 0 Å². The number of halogens is 3. The topological polar surface area (TPSA) is 75.4 Å². The number of nitrogens with zero attached hydrogens (tertiary/aromatic N) is 1. The number of nitro groups is 1. The van der Waals surface area contributed by atoms with Gasteiger partial charge in [0.25, 0.3) is 5.69 Å². The number of alkyl halides is 3. The summed E-state index contributed by atoms with van der Waals surface area (Å²) >= 11 is 0. The first-order valence-corrected chi connectivity index (χ1v) is 7.05. The van der Waals surface area contributed by atoms with Gasteiger partial charge in [0.05, 0.1) is 11.0 Å². The average molecular weight is 318 g/mol. The lowest BCUT2D eigenvalue weighted by Crippen LogP contribution is -2.25. The van der Waals surface area contributed by atoms with Gasteiger partial charge in [-0.3, -0.25) is 10.1 Å². The predicted molar refractivity (Wildman–Crippen MR) is 74.6 cm³/mol. The van der Waals surface area contributed by atoms with Crippen LogP contribution in [0.5, 0.6) is 0 Å². The highest BCUT2D eigenvalue weighted by Gasteiger charge is 2.38. The van der Waals surface area contributed by atoms with Gasteiger partial charge >= 0.3 is 6.18 Å². The molecule has 2 atom stereocenters. The van der Waals surface area contributed by atoms with Crippen molar-refractivity contribution in [2.24, 2.45) is 5.92 Å². The van der Waals surface area contributed by atoms with E-state index in [0.717, 1.165) is 31.4 Å². The van der Waals surface area contributed by atoms with Crippen LogP contribution in [0.3, 0.4) is 0 Å². The summed E-state index contributed by atoms with van der Waals surface area (Å²) in [5.41, 5.74) is -2.02. The Morgan fingerprint density at radius 2 is 2.09 bits per heavy atom. The van der Waals surface area contributed by atoms with Crippen LogP contribution in [0.1, 0.15) is 31.2 Å². The van der Waals surface area contributed by atoms with Crippen LogP contribution in [-0.4, -0.2) is 22.7 Å². The maximum atomic E-state index is 12.9. The number of nitro benzene ring substituents is 1. The lowest BCUT2D eigenvalue weighted by atomic mass is 9.87. The number of anilines is 1. The number of rotatable bonds is 4. The SMILES string of the molecule is O=[N+]([O-])c1ccc(NCC2CCCC(O)C2)cc1C(F)(F)F. The normalized spacial score (nSPS) is 22.4. The van der Waals surface area contributed by atoms with Crippen LogP contribution in [0, 0.1) is 16.0 Å². The van der Waals surface area contributed by atoms with E-state index in [9.17, 15) is 28.4 Å². The first-order chi connectivity index (χ1) is 10.3. The summed E-state index contributed by atoms with van der Waals surface area (Å²) in [4.78, 5) is 9.64. The molecule has 0 saturated heterocycles. The summed E-state index contributed by atoms with van der Waals surface area (Å²) in [6, 6.07) is 2.89. The molecule has 1 saturated carbocycles. The molecule has 0 heterocycles. The largest absolute Gasteiger partial charge is 0.423 e. The molecule has 0 aromatic heterocycles. The van der Waals surface area contributed by atoms with Gasteiger partial charge in [-0.15, -0.1) is 0 Å². The maximum absolute atomic E-state index is 12.9. The summed E-state index contributed by atoms with van der Waals surface area (Å²) in [6.45, 7) is 0.437. The molecule has 1 fully saturated rings. The Bertz CT molecular complexity index is 549. The smallest absolute Gasteiger partial charge is 0.393 e. The van der Waals surface area contributed by atoms with Gasteiger partial charge in [0.2, 0.25) is 0 Å². The second-order valence-corrected chi connectivity index (χ2v) is 5.55. The highest BCUT2D eigenvalue weighted by molar-refractivity contribution is 5.55. The first kappa shape index (κ1) is 16.5. The second kappa shape index (κ2) is 6.51. The Hall–Kier alpha value is -1.83. The number of hydrogen-bond acceptors (Lipinski definition) is 4. The van der Waals surface area contributed by atoms with Crippen molar-refractivity contribution in [3.63, 3.8) is 0 Å². The number of nitrogens with one attached hydrogen (secondary N) is 1. The second-order valence-electron chi connectivity index (χ2n) is 5.55. The molecule has 1 aromatic carbocycles. The number of benzene rings is 1. The van der Waals surface area contributed by atoms with E-state index >= 15 is 0 Å². The molecule has 0 spiro atoms. The summed E-state index contributed by atoms with van der Waals surface area (Å²) in [5, 5.41) is 23.1. The van der Waals surface area contributed by atoms with E-state index in [2.05, 4.69) is 5.32 Å². The molecule has 2 N–H and O–H groups in total. The third-order valence-electron chi connectivity index (χ3n) is 3.85. The van der Waals surface area contributed by atoms with Gasteiger partial charge in [-0.1, -0.05) is 6.42 Å². The molecule has 2 rings (SSSR count). The minimum Gasteiger partial charge on any atom is -0.393 e. The van der Waals surface area contributed by atoms with E-state index in [4.69, 9.17) is 0 Å². The third kappa shape index (κ3) is 4.09. The Balaban J connectivity index is 2.10. The van der Waals surface area contributed by atoms with Crippen molar-refractivity contribution in [3.8, 4) is 0 Å². The molecule has 2 unspecified atom stereocenters. The van der Waals surface area contributed by atoms with E-state index in [-0.39, 0.29) is 17.7 Å². The van der Waals surface area contributed by atoms with Crippen molar-refractivity contribution in [2.45, 2.75) is 38.0 Å². The van der Waals surface area contributed by atoms with Crippen LogP contribution < -0.4 is 5.32 Å². The number of aliphatic hydroxyl groups excluding tert-OH is 1. The zero-order chi connectivity index (χ0) is 16.3. The van der Waals surface area contributed by atoms with E-state index in [0.29, 0.717) is 13.0 Å². The molecule has 1 aliphatic carbocycles. The van der Waals surface area contributed by atoms with Crippen LogP contribution >= 0.6 is 0 Å². The predicted octanol–water partition coefficient (Wildman–Crippen LogP) is 3.58. The monoisotopic (exact) mass is 318 g/mol. The molecular formula is C14H17F3N2O3. The van der Waals surface area contributed by atoms with Crippen LogP contribution in [-0.2, 0) is 6.18 Å². The van der Waals surface area contributed by atoms with Crippen molar-refractivity contribution < 1.29 is 23.2 Å². The molecule has 122 valence electrons. The molecule has 0 radical (unpaired) electrons.